The number of ether oxygens (including phenoxy) is 1. The van der Waals surface area contributed by atoms with Crippen LogP contribution in [0.2, 0.25) is 0 Å². The van der Waals surface area contributed by atoms with Gasteiger partial charge in [0.1, 0.15) is 29.3 Å². The van der Waals surface area contributed by atoms with Gasteiger partial charge in [0.25, 0.3) is 0 Å². The summed E-state index contributed by atoms with van der Waals surface area (Å²) < 4.78 is 8.28. The van der Waals surface area contributed by atoms with E-state index in [2.05, 4.69) is 37.8 Å². The van der Waals surface area contributed by atoms with Crippen LogP contribution in [-0.4, -0.2) is 49.8 Å². The summed E-state index contributed by atoms with van der Waals surface area (Å²) in [6.45, 7) is 1.83. The third-order valence-corrected chi connectivity index (χ3v) is 7.55. The van der Waals surface area contributed by atoms with Crippen molar-refractivity contribution >= 4 is 16.9 Å². The van der Waals surface area contributed by atoms with Crippen LogP contribution in [0.1, 0.15) is 38.1 Å². The number of nitrogen functional groups attached to an aromatic ring is 1. The highest BCUT2D eigenvalue weighted by molar-refractivity contribution is 6.00. The van der Waals surface area contributed by atoms with Crippen LogP contribution < -0.4 is 10.5 Å². The number of aliphatic hydroxyl groups excluding tert-OH is 1. The number of likely N-dealkylation sites (tertiary alicyclic amines) is 1. The van der Waals surface area contributed by atoms with Gasteiger partial charge in [0.05, 0.1) is 11.5 Å². The highest BCUT2D eigenvalue weighted by Crippen LogP contribution is 2.39. The molecule has 0 unspecified atom stereocenters. The molecule has 0 amide bonds. The summed E-state index contributed by atoms with van der Waals surface area (Å²) >= 11 is 0. The van der Waals surface area contributed by atoms with Crippen molar-refractivity contribution in [1.29, 1.82) is 0 Å². The van der Waals surface area contributed by atoms with E-state index >= 15 is 0 Å². The Morgan fingerprint density at radius 2 is 1.57 bits per heavy atom. The number of aliphatic hydroxyl groups is 1. The second-order valence-corrected chi connectivity index (χ2v) is 9.75. The number of para-hydroxylation sites is 1. The van der Waals surface area contributed by atoms with Crippen molar-refractivity contribution in [2.24, 2.45) is 0 Å². The minimum absolute atomic E-state index is 0.159. The highest BCUT2D eigenvalue weighted by Gasteiger charge is 2.32. The molecule has 35 heavy (non-hydrogen) atoms. The number of rotatable bonds is 5. The van der Waals surface area contributed by atoms with E-state index in [9.17, 15) is 5.11 Å². The maximum atomic E-state index is 9.93. The van der Waals surface area contributed by atoms with Gasteiger partial charge in [-0.3, -0.25) is 4.90 Å². The second-order valence-electron chi connectivity index (χ2n) is 9.75. The fourth-order valence-electron chi connectivity index (χ4n) is 5.73. The van der Waals surface area contributed by atoms with Gasteiger partial charge in [0.15, 0.2) is 0 Å². The molecule has 7 nitrogen and oxygen atoms in total. The lowest BCUT2D eigenvalue weighted by atomic mass is 9.90. The Kier molecular flexibility index (Phi) is 5.88. The van der Waals surface area contributed by atoms with Gasteiger partial charge in [-0.05, 0) is 61.9 Å². The van der Waals surface area contributed by atoms with E-state index in [0.717, 1.165) is 78.9 Å². The molecule has 1 atom stereocenters. The first kappa shape index (κ1) is 22.1. The zero-order valence-electron chi connectivity index (χ0n) is 19.8. The predicted octanol–water partition coefficient (Wildman–Crippen LogP) is 5.02. The molecule has 7 heteroatoms. The normalized spacial score (nSPS) is 23.1. The SMILES string of the molecule is Nc1ncnc2c1c(-c1ccc(Oc3ccccc3)cc1)cn2C1CCC(N2CC[C@@H](O)C2)CC1. The van der Waals surface area contributed by atoms with Crippen molar-refractivity contribution in [1.82, 2.24) is 19.4 Å². The van der Waals surface area contributed by atoms with E-state index < -0.39 is 0 Å². The van der Waals surface area contributed by atoms with Gasteiger partial charge in [-0.15, -0.1) is 0 Å². The van der Waals surface area contributed by atoms with Crippen molar-refractivity contribution in [2.45, 2.75) is 50.3 Å². The average molecular weight is 470 g/mol. The molecule has 1 aliphatic heterocycles. The second kappa shape index (κ2) is 9.32. The molecule has 2 aromatic heterocycles. The highest BCUT2D eigenvalue weighted by atomic mass is 16.5. The molecule has 3 heterocycles. The summed E-state index contributed by atoms with van der Waals surface area (Å²) in [5.41, 5.74) is 9.38. The number of β-amino-alcohol motifs (C(OH)–C–C–N with tert-alkyl or cyclic N) is 1. The zero-order valence-corrected chi connectivity index (χ0v) is 19.8. The molecule has 4 aromatic rings. The predicted molar refractivity (Wildman–Crippen MR) is 137 cm³/mol. The lowest BCUT2D eigenvalue weighted by Crippen LogP contribution is -2.37. The van der Waals surface area contributed by atoms with Gasteiger partial charge in [0.2, 0.25) is 0 Å². The van der Waals surface area contributed by atoms with Crippen LogP contribution in [0.15, 0.2) is 67.1 Å². The maximum absolute atomic E-state index is 9.93. The molecule has 0 spiro atoms. The van der Waals surface area contributed by atoms with E-state index in [1.54, 1.807) is 6.33 Å². The van der Waals surface area contributed by atoms with Crippen LogP contribution in [0.3, 0.4) is 0 Å². The van der Waals surface area contributed by atoms with Crippen LogP contribution in [0, 0.1) is 0 Å². The van der Waals surface area contributed by atoms with E-state index in [0.29, 0.717) is 17.9 Å². The van der Waals surface area contributed by atoms with Gasteiger partial charge >= 0.3 is 0 Å². The van der Waals surface area contributed by atoms with Crippen molar-refractivity contribution in [3.63, 3.8) is 0 Å². The molecular weight excluding hydrogens is 438 g/mol. The summed E-state index contributed by atoms with van der Waals surface area (Å²) in [6, 6.07) is 18.8. The van der Waals surface area contributed by atoms with Gasteiger partial charge in [-0.1, -0.05) is 30.3 Å². The molecule has 0 radical (unpaired) electrons. The van der Waals surface area contributed by atoms with Gasteiger partial charge in [-0.2, -0.15) is 0 Å². The molecule has 1 saturated carbocycles. The molecule has 2 aromatic carbocycles. The first-order chi connectivity index (χ1) is 17.2. The molecule has 6 rings (SSSR count). The minimum atomic E-state index is -0.159. The molecule has 1 saturated heterocycles. The Labute approximate surface area is 205 Å². The summed E-state index contributed by atoms with van der Waals surface area (Å²) in [5, 5.41) is 10.8. The molecule has 2 fully saturated rings. The van der Waals surface area contributed by atoms with Crippen LogP contribution in [0.5, 0.6) is 11.5 Å². The van der Waals surface area contributed by atoms with Crippen molar-refractivity contribution in [2.75, 3.05) is 18.8 Å². The molecule has 3 N–H and O–H groups in total. The number of fused-ring (bicyclic) bond motifs is 1. The van der Waals surface area contributed by atoms with Crippen LogP contribution in [0.4, 0.5) is 5.82 Å². The number of hydrogen-bond acceptors (Lipinski definition) is 6. The average Bonchev–Trinajstić information content (AvgIpc) is 3.50. The van der Waals surface area contributed by atoms with E-state index in [4.69, 9.17) is 10.5 Å². The first-order valence-corrected chi connectivity index (χ1v) is 12.5. The fraction of sp³-hybridized carbons (Fsp3) is 0.357. The van der Waals surface area contributed by atoms with Crippen molar-refractivity contribution in [3.8, 4) is 22.6 Å². The van der Waals surface area contributed by atoms with E-state index in [-0.39, 0.29) is 6.10 Å². The largest absolute Gasteiger partial charge is 0.457 e. The molecule has 1 aliphatic carbocycles. The quantitative estimate of drug-likeness (QED) is 0.426. The van der Waals surface area contributed by atoms with Crippen LogP contribution in [0.25, 0.3) is 22.2 Å². The minimum Gasteiger partial charge on any atom is -0.457 e. The number of anilines is 1. The Morgan fingerprint density at radius 3 is 2.29 bits per heavy atom. The van der Waals surface area contributed by atoms with Gasteiger partial charge < -0.3 is 20.1 Å². The summed E-state index contributed by atoms with van der Waals surface area (Å²) in [7, 11) is 0. The number of hydrogen-bond donors (Lipinski definition) is 2. The molecule has 2 aliphatic rings. The monoisotopic (exact) mass is 469 g/mol. The number of nitrogens with two attached hydrogens (primary N) is 1. The van der Waals surface area contributed by atoms with Crippen molar-refractivity contribution < 1.29 is 9.84 Å². The summed E-state index contributed by atoms with van der Waals surface area (Å²) in [4.78, 5) is 11.4. The Bertz CT molecular complexity index is 1300. The zero-order chi connectivity index (χ0) is 23.8. The molecule has 180 valence electrons. The Morgan fingerprint density at radius 1 is 0.857 bits per heavy atom. The van der Waals surface area contributed by atoms with Crippen LogP contribution >= 0.6 is 0 Å². The maximum Gasteiger partial charge on any atom is 0.146 e. The first-order valence-electron chi connectivity index (χ1n) is 12.5. The Balaban J connectivity index is 1.26. The third-order valence-electron chi connectivity index (χ3n) is 7.55. The number of benzene rings is 2. The van der Waals surface area contributed by atoms with Crippen molar-refractivity contribution in [3.05, 3.63) is 67.1 Å². The standard InChI is InChI=1S/C28H31N5O2/c29-27-26-25(19-6-12-24(13-7-19)35-23-4-2-1-3-5-23)17-33(28(26)31-18-30-27)21-10-8-20(9-11-21)32-15-14-22(34)16-32/h1-7,12-13,17-18,20-22,34H,8-11,14-16H2,(H2,29,30,31)/t20?,21?,22-/m1/s1. The summed E-state index contributed by atoms with van der Waals surface area (Å²) in [6.07, 6.45) is 8.96. The van der Waals surface area contributed by atoms with Crippen LogP contribution in [-0.2, 0) is 0 Å². The smallest absolute Gasteiger partial charge is 0.146 e. The molecular formula is C28H31N5O2. The fourth-order valence-corrected chi connectivity index (χ4v) is 5.73. The number of aromatic nitrogens is 3. The van der Waals surface area contributed by atoms with Gasteiger partial charge in [-0.25, -0.2) is 9.97 Å². The third kappa shape index (κ3) is 4.37. The lowest BCUT2D eigenvalue weighted by Gasteiger charge is -2.35. The van der Waals surface area contributed by atoms with E-state index in [1.165, 1.54) is 0 Å². The van der Waals surface area contributed by atoms with E-state index in [1.807, 2.05) is 42.5 Å². The summed E-state index contributed by atoms with van der Waals surface area (Å²) in [5.74, 6) is 2.11. The lowest BCUT2D eigenvalue weighted by molar-refractivity contribution is 0.132. The van der Waals surface area contributed by atoms with Gasteiger partial charge in [0, 0.05) is 36.9 Å². The topological polar surface area (TPSA) is 89.4 Å². The number of nitrogens with zero attached hydrogens (tertiary/aromatic N) is 4. The Hall–Kier alpha value is -3.42. The molecule has 0 bridgehead atoms.